The molecule has 0 spiro atoms. The zero-order valence-corrected chi connectivity index (χ0v) is 12.9. The van der Waals surface area contributed by atoms with E-state index in [4.69, 9.17) is 4.74 Å². The predicted octanol–water partition coefficient (Wildman–Crippen LogP) is 2.72. The lowest BCUT2D eigenvalue weighted by molar-refractivity contribution is -0.143. The number of carbonyl (C=O) groups excluding carboxylic acids is 1. The van der Waals surface area contributed by atoms with E-state index in [1.807, 2.05) is 6.92 Å². The zero-order valence-electron chi connectivity index (χ0n) is 12.9. The van der Waals surface area contributed by atoms with Crippen molar-refractivity contribution in [3.63, 3.8) is 0 Å². The lowest BCUT2D eigenvalue weighted by atomic mass is 10.1. The molecule has 0 amide bonds. The molecule has 0 radical (unpaired) electrons. The number of ether oxygens (including phenoxy) is 1. The number of anilines is 1. The van der Waals surface area contributed by atoms with Crippen LogP contribution in [0.3, 0.4) is 0 Å². The first-order valence-electron chi connectivity index (χ1n) is 8.00. The van der Waals surface area contributed by atoms with Gasteiger partial charge in [-0.05, 0) is 44.4 Å². The number of rotatable bonds is 8. The van der Waals surface area contributed by atoms with Crippen molar-refractivity contribution >= 4 is 11.7 Å². The van der Waals surface area contributed by atoms with Crippen LogP contribution in [0, 0.1) is 0 Å². The lowest BCUT2D eigenvalue weighted by Gasteiger charge is -2.21. The summed E-state index contributed by atoms with van der Waals surface area (Å²) in [6, 6.07) is 8.60. The van der Waals surface area contributed by atoms with Crippen molar-refractivity contribution in [2.45, 2.75) is 39.2 Å². The first kappa shape index (κ1) is 15.8. The van der Waals surface area contributed by atoms with Gasteiger partial charge in [-0.15, -0.1) is 0 Å². The van der Waals surface area contributed by atoms with Crippen molar-refractivity contribution in [2.75, 3.05) is 31.1 Å². The smallest absolute Gasteiger partial charge is 0.305 e. The maximum absolute atomic E-state index is 11.2. The monoisotopic (exact) mass is 290 g/mol. The molecule has 0 bridgehead atoms. The number of nitrogens with one attached hydrogen (secondary N) is 1. The number of hydrogen-bond donors (Lipinski definition) is 1. The Morgan fingerprint density at radius 3 is 2.81 bits per heavy atom. The molecule has 0 saturated carbocycles. The van der Waals surface area contributed by atoms with E-state index in [9.17, 15) is 4.79 Å². The maximum atomic E-state index is 11.2. The molecule has 1 fully saturated rings. The van der Waals surface area contributed by atoms with E-state index in [1.54, 1.807) is 0 Å². The van der Waals surface area contributed by atoms with E-state index in [0.29, 0.717) is 13.0 Å². The minimum atomic E-state index is -0.100. The Balaban J connectivity index is 1.74. The van der Waals surface area contributed by atoms with Crippen LogP contribution in [-0.4, -0.2) is 32.2 Å². The van der Waals surface area contributed by atoms with Gasteiger partial charge in [0.15, 0.2) is 0 Å². The first-order chi connectivity index (χ1) is 10.3. The van der Waals surface area contributed by atoms with Gasteiger partial charge in [-0.25, -0.2) is 0 Å². The number of esters is 1. The summed E-state index contributed by atoms with van der Waals surface area (Å²) in [5.74, 6) is -0.100. The van der Waals surface area contributed by atoms with E-state index in [1.165, 1.54) is 37.2 Å². The Hall–Kier alpha value is -1.55. The summed E-state index contributed by atoms with van der Waals surface area (Å²) in [5.41, 5.74) is 2.70. The quantitative estimate of drug-likeness (QED) is 0.590. The van der Waals surface area contributed by atoms with Crippen LogP contribution in [0.5, 0.6) is 0 Å². The van der Waals surface area contributed by atoms with Crippen LogP contribution in [-0.2, 0) is 16.1 Å². The van der Waals surface area contributed by atoms with Gasteiger partial charge in [-0.3, -0.25) is 4.79 Å². The number of nitrogens with zero attached hydrogens (tertiary/aromatic N) is 1. The molecule has 1 N–H and O–H groups in total. The molecular formula is C17H26N2O2. The lowest BCUT2D eigenvalue weighted by Crippen LogP contribution is -2.22. The fourth-order valence-electron chi connectivity index (χ4n) is 2.74. The summed E-state index contributed by atoms with van der Waals surface area (Å²) in [7, 11) is 0. The second-order valence-electron chi connectivity index (χ2n) is 5.41. The zero-order chi connectivity index (χ0) is 14.9. The molecule has 1 saturated heterocycles. The van der Waals surface area contributed by atoms with E-state index in [0.717, 1.165) is 19.5 Å². The maximum Gasteiger partial charge on any atom is 0.305 e. The Morgan fingerprint density at radius 2 is 2.05 bits per heavy atom. The van der Waals surface area contributed by atoms with Gasteiger partial charge in [0.05, 0.1) is 6.61 Å². The van der Waals surface area contributed by atoms with Crippen LogP contribution in [0.25, 0.3) is 0 Å². The molecule has 2 rings (SSSR count). The molecule has 4 nitrogen and oxygen atoms in total. The minimum Gasteiger partial charge on any atom is -0.466 e. The van der Waals surface area contributed by atoms with Gasteiger partial charge in [0.2, 0.25) is 0 Å². The largest absolute Gasteiger partial charge is 0.466 e. The predicted molar refractivity (Wildman–Crippen MR) is 85.5 cm³/mol. The SMILES string of the molecule is CCOC(=O)CCCNCc1ccccc1N1CCCC1. The van der Waals surface area contributed by atoms with Crippen LogP contribution < -0.4 is 10.2 Å². The van der Waals surface area contributed by atoms with Crippen molar-refractivity contribution in [3.8, 4) is 0 Å². The van der Waals surface area contributed by atoms with Crippen molar-refractivity contribution in [2.24, 2.45) is 0 Å². The fourth-order valence-corrected chi connectivity index (χ4v) is 2.74. The summed E-state index contributed by atoms with van der Waals surface area (Å²) < 4.78 is 4.92. The third-order valence-corrected chi connectivity index (χ3v) is 3.79. The molecule has 0 aromatic heterocycles. The molecule has 1 heterocycles. The van der Waals surface area contributed by atoms with E-state index in [2.05, 4.69) is 34.5 Å². The highest BCUT2D eigenvalue weighted by molar-refractivity contribution is 5.69. The third kappa shape index (κ3) is 5.05. The van der Waals surface area contributed by atoms with Gasteiger partial charge in [-0.1, -0.05) is 18.2 Å². The molecular weight excluding hydrogens is 264 g/mol. The normalized spacial score (nSPS) is 14.4. The summed E-state index contributed by atoms with van der Waals surface area (Å²) in [4.78, 5) is 13.7. The minimum absolute atomic E-state index is 0.100. The second-order valence-corrected chi connectivity index (χ2v) is 5.41. The Labute approximate surface area is 127 Å². The number of carbonyl (C=O) groups is 1. The highest BCUT2D eigenvalue weighted by Gasteiger charge is 2.14. The Bertz CT molecular complexity index is 442. The highest BCUT2D eigenvalue weighted by atomic mass is 16.5. The first-order valence-corrected chi connectivity index (χ1v) is 8.00. The molecule has 21 heavy (non-hydrogen) atoms. The Morgan fingerprint density at radius 1 is 1.29 bits per heavy atom. The van der Waals surface area contributed by atoms with Crippen LogP contribution in [0.4, 0.5) is 5.69 Å². The molecule has 4 heteroatoms. The summed E-state index contributed by atoms with van der Waals surface area (Å²) in [6.07, 6.45) is 3.90. The van der Waals surface area contributed by atoms with Crippen molar-refractivity contribution < 1.29 is 9.53 Å². The van der Waals surface area contributed by atoms with Crippen LogP contribution >= 0.6 is 0 Å². The van der Waals surface area contributed by atoms with E-state index < -0.39 is 0 Å². The topological polar surface area (TPSA) is 41.6 Å². The Kier molecular flexibility index (Phi) is 6.54. The van der Waals surface area contributed by atoms with Crippen LogP contribution in [0.1, 0.15) is 38.2 Å². The molecule has 116 valence electrons. The van der Waals surface area contributed by atoms with Gasteiger partial charge in [0.25, 0.3) is 0 Å². The fraction of sp³-hybridized carbons (Fsp3) is 0.588. The molecule has 1 aliphatic rings. The van der Waals surface area contributed by atoms with Crippen LogP contribution in [0.2, 0.25) is 0 Å². The molecule has 0 aliphatic carbocycles. The van der Waals surface area contributed by atoms with E-state index >= 15 is 0 Å². The standard InChI is InChI=1S/C17H26N2O2/c1-2-21-17(20)10-7-11-18-14-15-8-3-4-9-16(15)19-12-5-6-13-19/h3-4,8-9,18H,2,5-7,10-14H2,1H3. The number of hydrogen-bond acceptors (Lipinski definition) is 4. The number of para-hydroxylation sites is 1. The van der Waals surface area contributed by atoms with Crippen molar-refractivity contribution in [3.05, 3.63) is 29.8 Å². The van der Waals surface area contributed by atoms with E-state index in [-0.39, 0.29) is 5.97 Å². The number of benzene rings is 1. The molecule has 1 aromatic carbocycles. The molecule has 0 atom stereocenters. The summed E-state index contributed by atoms with van der Waals surface area (Å²) in [6.45, 7) is 6.34. The van der Waals surface area contributed by atoms with Crippen molar-refractivity contribution in [1.82, 2.24) is 5.32 Å². The average Bonchev–Trinajstić information content (AvgIpc) is 3.02. The second kappa shape index (κ2) is 8.67. The highest BCUT2D eigenvalue weighted by Crippen LogP contribution is 2.24. The van der Waals surface area contributed by atoms with Crippen LogP contribution in [0.15, 0.2) is 24.3 Å². The van der Waals surface area contributed by atoms with Gasteiger partial charge >= 0.3 is 5.97 Å². The molecule has 1 aliphatic heterocycles. The molecule has 1 aromatic rings. The van der Waals surface area contributed by atoms with Gasteiger partial charge < -0.3 is 15.0 Å². The van der Waals surface area contributed by atoms with Gasteiger partial charge in [0.1, 0.15) is 0 Å². The van der Waals surface area contributed by atoms with Gasteiger partial charge in [0, 0.05) is 31.7 Å². The van der Waals surface area contributed by atoms with Crippen molar-refractivity contribution in [1.29, 1.82) is 0 Å². The third-order valence-electron chi connectivity index (χ3n) is 3.79. The summed E-state index contributed by atoms with van der Waals surface area (Å²) >= 11 is 0. The van der Waals surface area contributed by atoms with Gasteiger partial charge in [-0.2, -0.15) is 0 Å². The average molecular weight is 290 g/mol. The summed E-state index contributed by atoms with van der Waals surface area (Å²) in [5, 5.41) is 3.43. The molecule has 0 unspecified atom stereocenters.